The van der Waals surface area contributed by atoms with Crippen molar-refractivity contribution < 1.29 is 5.11 Å². The fraction of sp³-hybridized carbons (Fsp3) is 0.625. The molecule has 0 bridgehead atoms. The molecular weight excluding hydrogens is 140 g/mol. The molecule has 1 aliphatic carbocycles. The average Bonchev–Trinajstić information content (AvgIpc) is 2.74. The summed E-state index contributed by atoms with van der Waals surface area (Å²) in [5.74, 6) is 0.452. The smallest absolute Gasteiger partial charge is 0.150 e. The zero-order chi connectivity index (χ0) is 7.84. The van der Waals surface area contributed by atoms with Crippen LogP contribution < -0.4 is 0 Å². The van der Waals surface area contributed by atoms with Crippen LogP contribution in [0.3, 0.4) is 0 Å². The first-order chi connectivity index (χ1) is 5.29. The lowest BCUT2D eigenvalue weighted by Gasteiger charge is -2.10. The molecule has 1 saturated carbocycles. The molecule has 1 heterocycles. The van der Waals surface area contributed by atoms with Crippen LogP contribution in [0.1, 0.15) is 24.8 Å². The van der Waals surface area contributed by atoms with Gasteiger partial charge in [0, 0.05) is 17.8 Å². The SMILES string of the molecule is Cc1ccnn1C(O)C1CC1. The van der Waals surface area contributed by atoms with Crippen LogP contribution in [-0.2, 0) is 0 Å². The molecule has 3 heteroatoms. The lowest BCUT2D eigenvalue weighted by atomic mass is 10.3. The number of aliphatic hydroxyl groups is 1. The molecule has 1 aromatic rings. The summed E-state index contributed by atoms with van der Waals surface area (Å²) >= 11 is 0. The number of aromatic nitrogens is 2. The molecule has 3 nitrogen and oxygen atoms in total. The van der Waals surface area contributed by atoms with E-state index in [1.807, 2.05) is 13.0 Å². The lowest BCUT2D eigenvalue weighted by Crippen LogP contribution is -2.12. The van der Waals surface area contributed by atoms with Gasteiger partial charge in [-0.25, -0.2) is 4.68 Å². The van der Waals surface area contributed by atoms with Crippen molar-refractivity contribution >= 4 is 0 Å². The Balaban J connectivity index is 2.20. The van der Waals surface area contributed by atoms with E-state index >= 15 is 0 Å². The third kappa shape index (κ3) is 1.16. The highest BCUT2D eigenvalue weighted by Crippen LogP contribution is 2.37. The molecule has 1 unspecified atom stereocenters. The van der Waals surface area contributed by atoms with E-state index in [-0.39, 0.29) is 6.23 Å². The molecule has 0 saturated heterocycles. The molecule has 1 fully saturated rings. The van der Waals surface area contributed by atoms with Crippen molar-refractivity contribution in [2.45, 2.75) is 26.0 Å². The van der Waals surface area contributed by atoms with Crippen molar-refractivity contribution in [2.75, 3.05) is 0 Å². The number of rotatable bonds is 2. The first-order valence-electron chi connectivity index (χ1n) is 3.97. The molecule has 0 spiro atoms. The number of hydrogen-bond donors (Lipinski definition) is 1. The van der Waals surface area contributed by atoms with Gasteiger partial charge in [-0.3, -0.25) is 0 Å². The maximum atomic E-state index is 9.63. The second-order valence-electron chi connectivity index (χ2n) is 3.17. The summed E-state index contributed by atoms with van der Waals surface area (Å²) in [6.07, 6.45) is 3.62. The predicted molar refractivity (Wildman–Crippen MR) is 40.9 cm³/mol. The van der Waals surface area contributed by atoms with Gasteiger partial charge in [0.25, 0.3) is 0 Å². The van der Waals surface area contributed by atoms with Crippen LogP contribution in [0.15, 0.2) is 12.3 Å². The minimum atomic E-state index is -0.384. The van der Waals surface area contributed by atoms with E-state index < -0.39 is 0 Å². The summed E-state index contributed by atoms with van der Waals surface area (Å²) < 4.78 is 1.69. The molecule has 2 rings (SSSR count). The van der Waals surface area contributed by atoms with Crippen molar-refractivity contribution in [3.63, 3.8) is 0 Å². The van der Waals surface area contributed by atoms with E-state index in [2.05, 4.69) is 5.10 Å². The van der Waals surface area contributed by atoms with Gasteiger partial charge in [-0.1, -0.05) is 0 Å². The van der Waals surface area contributed by atoms with Crippen molar-refractivity contribution in [1.82, 2.24) is 9.78 Å². The second-order valence-corrected chi connectivity index (χ2v) is 3.17. The number of aryl methyl sites for hydroxylation is 1. The highest BCUT2D eigenvalue weighted by Gasteiger charge is 2.31. The van der Waals surface area contributed by atoms with Crippen molar-refractivity contribution in [1.29, 1.82) is 0 Å². The average molecular weight is 152 g/mol. The standard InChI is InChI=1S/C8H12N2O/c1-6-4-5-9-10(6)8(11)7-2-3-7/h4-5,7-8,11H,2-3H2,1H3. The van der Waals surface area contributed by atoms with Gasteiger partial charge >= 0.3 is 0 Å². The van der Waals surface area contributed by atoms with Gasteiger partial charge < -0.3 is 5.11 Å². The Morgan fingerprint density at radius 1 is 1.73 bits per heavy atom. The zero-order valence-electron chi connectivity index (χ0n) is 6.57. The van der Waals surface area contributed by atoms with Crippen LogP contribution in [0.2, 0.25) is 0 Å². The first-order valence-corrected chi connectivity index (χ1v) is 3.97. The Kier molecular flexibility index (Phi) is 1.46. The van der Waals surface area contributed by atoms with Crippen molar-refractivity contribution in [3.8, 4) is 0 Å². The molecule has 1 aromatic heterocycles. The predicted octanol–water partition coefficient (Wildman–Crippen LogP) is 1.09. The van der Waals surface area contributed by atoms with E-state index in [1.165, 1.54) is 0 Å². The number of hydrogen-bond acceptors (Lipinski definition) is 2. The van der Waals surface area contributed by atoms with Gasteiger partial charge in [-0.05, 0) is 25.8 Å². The largest absolute Gasteiger partial charge is 0.371 e. The Morgan fingerprint density at radius 2 is 2.45 bits per heavy atom. The van der Waals surface area contributed by atoms with Crippen LogP contribution in [0, 0.1) is 12.8 Å². The van der Waals surface area contributed by atoms with E-state index in [9.17, 15) is 5.11 Å². The summed E-state index contributed by atoms with van der Waals surface area (Å²) in [5, 5.41) is 13.7. The Labute approximate surface area is 65.7 Å². The van der Waals surface area contributed by atoms with E-state index in [1.54, 1.807) is 10.9 Å². The Morgan fingerprint density at radius 3 is 2.91 bits per heavy atom. The normalized spacial score (nSPS) is 20.2. The first kappa shape index (κ1) is 6.85. The molecule has 0 radical (unpaired) electrons. The Hall–Kier alpha value is -0.830. The zero-order valence-corrected chi connectivity index (χ0v) is 6.57. The molecular formula is C8H12N2O. The van der Waals surface area contributed by atoms with Crippen LogP contribution in [0.4, 0.5) is 0 Å². The van der Waals surface area contributed by atoms with Gasteiger partial charge in [0.1, 0.15) is 6.23 Å². The fourth-order valence-electron chi connectivity index (χ4n) is 1.25. The molecule has 1 atom stereocenters. The monoisotopic (exact) mass is 152 g/mol. The molecule has 1 N–H and O–H groups in total. The molecule has 60 valence electrons. The summed E-state index contributed by atoms with van der Waals surface area (Å²) in [4.78, 5) is 0. The number of nitrogens with zero attached hydrogens (tertiary/aromatic N) is 2. The lowest BCUT2D eigenvalue weighted by molar-refractivity contribution is 0.0660. The minimum absolute atomic E-state index is 0.384. The van der Waals surface area contributed by atoms with Gasteiger partial charge in [-0.15, -0.1) is 0 Å². The highest BCUT2D eigenvalue weighted by atomic mass is 16.3. The molecule has 11 heavy (non-hydrogen) atoms. The van der Waals surface area contributed by atoms with Crippen molar-refractivity contribution in [2.24, 2.45) is 5.92 Å². The van der Waals surface area contributed by atoms with Crippen LogP contribution >= 0.6 is 0 Å². The van der Waals surface area contributed by atoms with Crippen LogP contribution in [0.5, 0.6) is 0 Å². The van der Waals surface area contributed by atoms with Gasteiger partial charge in [0.15, 0.2) is 0 Å². The Bertz CT molecular complexity index is 252. The topological polar surface area (TPSA) is 38.0 Å². The summed E-state index contributed by atoms with van der Waals surface area (Å²) in [7, 11) is 0. The van der Waals surface area contributed by atoms with Gasteiger partial charge in [-0.2, -0.15) is 5.10 Å². The second kappa shape index (κ2) is 2.34. The van der Waals surface area contributed by atoms with E-state index in [0.717, 1.165) is 18.5 Å². The van der Waals surface area contributed by atoms with Crippen LogP contribution in [0.25, 0.3) is 0 Å². The molecule has 1 aliphatic rings. The summed E-state index contributed by atoms with van der Waals surface area (Å²) in [6, 6.07) is 1.91. The molecule has 0 aromatic carbocycles. The maximum Gasteiger partial charge on any atom is 0.150 e. The van der Waals surface area contributed by atoms with Crippen molar-refractivity contribution in [3.05, 3.63) is 18.0 Å². The van der Waals surface area contributed by atoms with Gasteiger partial charge in [0.2, 0.25) is 0 Å². The summed E-state index contributed by atoms with van der Waals surface area (Å²) in [5.41, 5.74) is 1.03. The summed E-state index contributed by atoms with van der Waals surface area (Å²) in [6.45, 7) is 1.96. The van der Waals surface area contributed by atoms with E-state index in [4.69, 9.17) is 0 Å². The fourth-order valence-corrected chi connectivity index (χ4v) is 1.25. The highest BCUT2D eigenvalue weighted by molar-refractivity contribution is 4.98. The molecule has 0 aliphatic heterocycles. The minimum Gasteiger partial charge on any atom is -0.371 e. The molecule has 0 amide bonds. The van der Waals surface area contributed by atoms with Gasteiger partial charge in [0.05, 0.1) is 0 Å². The quantitative estimate of drug-likeness (QED) is 0.689. The number of aliphatic hydroxyl groups excluding tert-OH is 1. The third-order valence-electron chi connectivity index (χ3n) is 2.16. The van der Waals surface area contributed by atoms with E-state index in [0.29, 0.717) is 5.92 Å². The maximum absolute atomic E-state index is 9.63. The third-order valence-corrected chi connectivity index (χ3v) is 2.16. The van der Waals surface area contributed by atoms with Crippen LogP contribution in [-0.4, -0.2) is 14.9 Å².